The number of anilines is 1. The smallest absolute Gasteiger partial charge is 0.152 e. The van der Waals surface area contributed by atoms with Crippen molar-refractivity contribution in [3.8, 4) is 12.8 Å². The molecule has 1 unspecified atom stereocenters. The molecule has 0 bridgehead atoms. The van der Waals surface area contributed by atoms with Gasteiger partial charge in [-0.15, -0.1) is 12.8 Å². The average Bonchev–Trinajstić information content (AvgIpc) is 2.73. The van der Waals surface area contributed by atoms with Gasteiger partial charge in [0, 0.05) is 16.6 Å². The predicted octanol–water partition coefficient (Wildman–Crippen LogP) is 7.59. The first-order valence-corrected chi connectivity index (χ1v) is 12.4. The molecule has 0 N–H and O–H groups in total. The van der Waals surface area contributed by atoms with Crippen LogP contribution in [0.3, 0.4) is 0 Å². The van der Waals surface area contributed by atoms with Crippen molar-refractivity contribution in [2.45, 2.75) is 31.6 Å². The van der Waals surface area contributed by atoms with Gasteiger partial charge in [0.05, 0.1) is 15.6 Å². The van der Waals surface area contributed by atoms with Crippen LogP contribution >= 0.6 is 46.6 Å². The van der Waals surface area contributed by atoms with Gasteiger partial charge in [-0.2, -0.15) is 11.8 Å². The second-order valence-electron chi connectivity index (χ2n) is 5.10. The summed E-state index contributed by atoms with van der Waals surface area (Å²) in [4.78, 5) is 0.681. The van der Waals surface area contributed by atoms with Crippen molar-refractivity contribution < 1.29 is 4.21 Å². The number of rotatable bonds is 8. The average molecular weight is 479 g/mol. The monoisotopic (exact) mass is 477 g/mol. The van der Waals surface area contributed by atoms with Gasteiger partial charge in [0.25, 0.3) is 0 Å². The van der Waals surface area contributed by atoms with Gasteiger partial charge in [0.15, 0.2) is 11.0 Å². The van der Waals surface area contributed by atoms with Crippen molar-refractivity contribution in [1.29, 1.82) is 0 Å². The Morgan fingerprint density at radius 3 is 2.11 bits per heavy atom. The van der Waals surface area contributed by atoms with E-state index in [1.165, 1.54) is 0 Å². The van der Waals surface area contributed by atoms with Gasteiger partial charge in [-0.3, -0.25) is 4.31 Å². The molecule has 1 atom stereocenters. The fourth-order valence-corrected chi connectivity index (χ4v) is 4.45. The van der Waals surface area contributed by atoms with Crippen molar-refractivity contribution in [3.63, 3.8) is 0 Å². The van der Waals surface area contributed by atoms with Gasteiger partial charge in [0.2, 0.25) is 0 Å². The molecule has 154 valence electrons. The Bertz CT molecular complexity index is 736. The maximum Gasteiger partial charge on any atom is 0.152 e. The Morgan fingerprint density at radius 2 is 1.54 bits per heavy atom. The van der Waals surface area contributed by atoms with Crippen LogP contribution in [0, 0.1) is 12.8 Å². The van der Waals surface area contributed by atoms with Crippen molar-refractivity contribution in [1.82, 2.24) is 0 Å². The summed E-state index contributed by atoms with van der Waals surface area (Å²) in [5, 5.41) is 1.71. The lowest BCUT2D eigenvalue weighted by molar-refractivity contribution is 0.676. The van der Waals surface area contributed by atoms with Crippen molar-refractivity contribution in [2.24, 2.45) is 0 Å². The minimum absolute atomic E-state index is 0.534. The summed E-state index contributed by atoms with van der Waals surface area (Å²) in [6.45, 7) is 4.63. The molecule has 0 aliphatic carbocycles. The molecule has 0 saturated heterocycles. The fraction of sp³-hybridized carbons (Fsp3) is 0.333. The summed E-state index contributed by atoms with van der Waals surface area (Å²) >= 11 is 20.2. The van der Waals surface area contributed by atoms with Crippen LogP contribution in [-0.4, -0.2) is 22.8 Å². The first kappa shape index (κ1) is 27.2. The molecule has 0 aromatic heterocycles. The molecule has 0 radical (unpaired) electrons. The van der Waals surface area contributed by atoms with Crippen LogP contribution in [0.15, 0.2) is 47.4 Å². The lowest BCUT2D eigenvalue weighted by Crippen LogP contribution is -2.27. The van der Waals surface area contributed by atoms with Crippen LogP contribution < -0.4 is 4.31 Å². The molecule has 0 saturated carbocycles. The quantitative estimate of drug-likeness (QED) is 0.287. The topological polar surface area (TPSA) is 20.3 Å². The number of unbranched alkanes of at least 4 members (excludes halogenated alkanes) is 1. The van der Waals surface area contributed by atoms with Crippen LogP contribution in [-0.2, 0) is 11.0 Å². The zero-order chi connectivity index (χ0) is 21.5. The Labute approximate surface area is 191 Å². The normalized spacial score (nSPS) is 10.7. The van der Waals surface area contributed by atoms with Gasteiger partial charge in [-0.1, -0.05) is 48.7 Å². The second kappa shape index (κ2) is 16.0. The summed E-state index contributed by atoms with van der Waals surface area (Å²) in [5.74, 6) is 1.07. The zero-order valence-electron chi connectivity index (χ0n) is 16.3. The van der Waals surface area contributed by atoms with Crippen LogP contribution in [0.4, 0.5) is 5.69 Å². The van der Waals surface area contributed by atoms with E-state index in [-0.39, 0.29) is 0 Å². The van der Waals surface area contributed by atoms with E-state index in [1.54, 1.807) is 58.5 Å². The highest BCUT2D eigenvalue weighted by molar-refractivity contribution is 7.98. The van der Waals surface area contributed by atoms with Gasteiger partial charge < -0.3 is 0 Å². The third kappa shape index (κ3) is 9.11. The molecular formula is C21H26Cl3NOS2. The number of thioether (sulfide) groups is 1. The van der Waals surface area contributed by atoms with E-state index in [9.17, 15) is 4.21 Å². The molecule has 0 spiro atoms. The number of benzene rings is 2. The fourth-order valence-electron chi connectivity index (χ4n) is 2.15. The minimum Gasteiger partial charge on any atom is -0.286 e. The maximum atomic E-state index is 13.1. The van der Waals surface area contributed by atoms with E-state index in [0.717, 1.165) is 18.6 Å². The number of hydrogen-bond acceptors (Lipinski definition) is 2. The summed E-state index contributed by atoms with van der Waals surface area (Å²) in [7, 11) is -1.38. The largest absolute Gasteiger partial charge is 0.286 e. The summed E-state index contributed by atoms with van der Waals surface area (Å²) in [6, 6.07) is 12.2. The SMILES string of the molecule is C#C.CC.CSCCCCN(c1cc(Cl)ccc1Cl)S(=O)c1ccc(Cl)cc1. The zero-order valence-corrected chi connectivity index (χ0v) is 20.2. The van der Waals surface area contributed by atoms with E-state index in [4.69, 9.17) is 34.8 Å². The molecular weight excluding hydrogens is 453 g/mol. The highest BCUT2D eigenvalue weighted by atomic mass is 35.5. The standard InChI is InChI=1S/C17H18Cl3NOS2.C2H6.C2H2/c1-23-11-3-2-10-21(17-12-14(19)6-9-16(17)20)24(22)15-7-4-13(18)5-8-15;2*1-2/h4-9,12H,2-3,10-11H2,1H3;1-2H3;1-2H. The van der Waals surface area contributed by atoms with Crippen molar-refractivity contribution >= 4 is 63.2 Å². The van der Waals surface area contributed by atoms with E-state index in [0.29, 0.717) is 32.2 Å². The molecule has 7 heteroatoms. The molecule has 2 rings (SSSR count). The lowest BCUT2D eigenvalue weighted by Gasteiger charge is -2.24. The highest BCUT2D eigenvalue weighted by Crippen LogP contribution is 2.32. The number of nitrogens with zero attached hydrogens (tertiary/aromatic N) is 1. The summed E-state index contributed by atoms with van der Waals surface area (Å²) in [5.41, 5.74) is 0.682. The molecule has 2 aromatic carbocycles. The van der Waals surface area contributed by atoms with Gasteiger partial charge in [-0.05, 0) is 67.3 Å². The molecule has 2 aromatic rings. The Balaban J connectivity index is 0.00000171. The summed E-state index contributed by atoms with van der Waals surface area (Å²) in [6.07, 6.45) is 12.0. The van der Waals surface area contributed by atoms with E-state index < -0.39 is 11.0 Å². The van der Waals surface area contributed by atoms with Crippen LogP contribution in [0.1, 0.15) is 26.7 Å². The van der Waals surface area contributed by atoms with Crippen LogP contribution in [0.2, 0.25) is 15.1 Å². The van der Waals surface area contributed by atoms with Gasteiger partial charge >= 0.3 is 0 Å². The third-order valence-corrected chi connectivity index (χ3v) is 6.31. The molecule has 0 aliphatic rings. The van der Waals surface area contributed by atoms with Gasteiger partial charge in [0.1, 0.15) is 0 Å². The predicted molar refractivity (Wildman–Crippen MR) is 131 cm³/mol. The second-order valence-corrected chi connectivity index (χ2v) is 8.78. The third-order valence-electron chi connectivity index (χ3n) is 3.35. The molecule has 28 heavy (non-hydrogen) atoms. The number of halogens is 3. The lowest BCUT2D eigenvalue weighted by atomic mass is 10.3. The molecule has 0 heterocycles. The van der Waals surface area contributed by atoms with Crippen molar-refractivity contribution in [2.75, 3.05) is 22.9 Å². The Kier molecular flexibility index (Phi) is 15.5. The number of hydrogen-bond donors (Lipinski definition) is 0. The first-order chi connectivity index (χ1) is 13.5. The molecule has 0 fully saturated rings. The van der Waals surface area contributed by atoms with E-state index >= 15 is 0 Å². The highest BCUT2D eigenvalue weighted by Gasteiger charge is 2.19. The molecule has 0 aliphatic heterocycles. The van der Waals surface area contributed by atoms with Crippen LogP contribution in [0.25, 0.3) is 0 Å². The van der Waals surface area contributed by atoms with E-state index in [2.05, 4.69) is 19.1 Å². The van der Waals surface area contributed by atoms with Gasteiger partial charge in [-0.25, -0.2) is 4.21 Å². The minimum atomic E-state index is -1.38. The number of terminal acetylenes is 1. The Morgan fingerprint density at radius 1 is 0.964 bits per heavy atom. The Hall–Kier alpha value is -0.830. The summed E-state index contributed by atoms with van der Waals surface area (Å²) < 4.78 is 14.9. The van der Waals surface area contributed by atoms with Crippen molar-refractivity contribution in [3.05, 3.63) is 57.5 Å². The first-order valence-electron chi connectivity index (χ1n) is 8.75. The molecule has 0 amide bonds. The maximum absolute atomic E-state index is 13.1. The molecule has 2 nitrogen and oxygen atoms in total. The van der Waals surface area contributed by atoms with E-state index in [1.807, 2.05) is 13.8 Å². The van der Waals surface area contributed by atoms with Crippen LogP contribution in [0.5, 0.6) is 0 Å².